The van der Waals surface area contributed by atoms with Gasteiger partial charge in [-0.1, -0.05) is 102 Å². The number of aromatic nitrogens is 1. The van der Waals surface area contributed by atoms with Gasteiger partial charge in [0.1, 0.15) is 30.3 Å². The number of Topliss-reactive ketones (excluding diaryl/α,β-unsaturated/α-hetero) is 3. The van der Waals surface area contributed by atoms with Crippen molar-refractivity contribution in [3.8, 4) is 11.6 Å². The average Bonchev–Trinajstić information content (AvgIpc) is 3.63. The van der Waals surface area contributed by atoms with E-state index >= 15 is 18.8 Å². The Morgan fingerprint density at radius 2 is 1.52 bits per heavy atom. The van der Waals surface area contributed by atoms with Crippen LogP contribution < -0.4 is 9.47 Å². The minimum Gasteiger partial charge on any atom is -0.487 e. The fourth-order valence-corrected chi connectivity index (χ4v) is 12.4. The van der Waals surface area contributed by atoms with Crippen LogP contribution in [0.3, 0.4) is 0 Å². The SMILES string of the molecule is CCN(CC(C)C)C(C)(C)c1c(F)c2c(c(OCc3ccccc3)c1Br)C(=O)C1C(=O)[C@]3(O[Si](C)(C)C(C)(C)C)C(=O)c4c(OCc5ccccc5)noc4[C@@H](N(C)C)[C@@H]3C[C@@H]1C2. The quantitative estimate of drug-likeness (QED) is 0.0895. The summed E-state index contributed by atoms with van der Waals surface area (Å²) in [6.45, 7) is 22.1. The molecule has 0 saturated heterocycles. The summed E-state index contributed by atoms with van der Waals surface area (Å²) in [5.74, 6) is -4.34. The maximum absolute atomic E-state index is 17.9. The maximum atomic E-state index is 17.9. The molecule has 1 aromatic heterocycles. The van der Waals surface area contributed by atoms with Gasteiger partial charge in [0, 0.05) is 29.1 Å². The molecule has 3 aliphatic rings. The van der Waals surface area contributed by atoms with Crippen molar-refractivity contribution in [3.63, 3.8) is 0 Å². The van der Waals surface area contributed by atoms with Gasteiger partial charge in [-0.15, -0.1) is 0 Å². The third kappa shape index (κ3) is 8.08. The second kappa shape index (κ2) is 17.4. The Morgan fingerprint density at radius 3 is 2.06 bits per heavy atom. The molecule has 0 bridgehead atoms. The number of hydrogen-bond acceptors (Lipinski definition) is 10. The highest BCUT2D eigenvalue weighted by Crippen LogP contribution is 2.59. The van der Waals surface area contributed by atoms with Gasteiger partial charge in [0.15, 0.2) is 31.2 Å². The molecular formula is C50H63BrFN3O7Si. The van der Waals surface area contributed by atoms with Crippen LogP contribution in [-0.2, 0) is 34.4 Å². The van der Waals surface area contributed by atoms with Crippen molar-refractivity contribution in [2.24, 2.45) is 23.7 Å². The zero-order valence-electron chi connectivity index (χ0n) is 38.9. The Morgan fingerprint density at radius 1 is 0.937 bits per heavy atom. The first-order valence-electron chi connectivity index (χ1n) is 22.2. The third-order valence-corrected chi connectivity index (χ3v) is 19.3. The van der Waals surface area contributed by atoms with Gasteiger partial charge < -0.3 is 18.4 Å². The fourth-order valence-electron chi connectivity index (χ4n) is 9.98. The van der Waals surface area contributed by atoms with Gasteiger partial charge in [-0.25, -0.2) is 4.39 Å². The first kappa shape index (κ1) is 47.0. The number of carbonyl (C=O) groups is 3. The molecule has 0 N–H and O–H groups in total. The van der Waals surface area contributed by atoms with Crippen molar-refractivity contribution in [1.29, 1.82) is 0 Å². The number of carbonyl (C=O) groups excluding carboxylic acids is 3. The minimum absolute atomic E-state index is 0.0299. The van der Waals surface area contributed by atoms with E-state index in [-0.39, 0.29) is 60.1 Å². The van der Waals surface area contributed by atoms with Crippen molar-refractivity contribution >= 4 is 41.6 Å². The van der Waals surface area contributed by atoms with Gasteiger partial charge in [-0.3, -0.25) is 24.2 Å². The van der Waals surface area contributed by atoms with E-state index in [1.807, 2.05) is 107 Å². The molecule has 0 aliphatic heterocycles. The summed E-state index contributed by atoms with van der Waals surface area (Å²) in [5.41, 5.74) is -0.525. The Labute approximate surface area is 381 Å². The van der Waals surface area contributed by atoms with E-state index in [0.29, 0.717) is 29.0 Å². The molecule has 0 amide bonds. The number of benzene rings is 3. The summed E-state index contributed by atoms with van der Waals surface area (Å²) in [5, 5.41) is 3.87. The van der Waals surface area contributed by atoms with E-state index in [9.17, 15) is 0 Å². The van der Waals surface area contributed by atoms with E-state index in [2.05, 4.69) is 67.5 Å². The zero-order valence-corrected chi connectivity index (χ0v) is 41.4. The molecule has 338 valence electrons. The Hall–Kier alpha value is -4.01. The van der Waals surface area contributed by atoms with Crippen LogP contribution in [0.4, 0.5) is 4.39 Å². The van der Waals surface area contributed by atoms with Crippen LogP contribution in [0.25, 0.3) is 0 Å². The van der Waals surface area contributed by atoms with Gasteiger partial charge >= 0.3 is 0 Å². The molecule has 10 nitrogen and oxygen atoms in total. The molecule has 13 heteroatoms. The summed E-state index contributed by atoms with van der Waals surface area (Å²) in [6, 6.07) is 18.4. The topological polar surface area (TPSA) is 111 Å². The molecule has 4 aromatic rings. The molecule has 63 heavy (non-hydrogen) atoms. The molecule has 7 rings (SSSR count). The fraction of sp³-hybridized carbons (Fsp3) is 0.520. The summed E-state index contributed by atoms with van der Waals surface area (Å²) >= 11 is 3.79. The van der Waals surface area contributed by atoms with Crippen molar-refractivity contribution < 1.29 is 37.2 Å². The molecule has 3 aliphatic carbocycles. The Kier molecular flexibility index (Phi) is 13.0. The van der Waals surface area contributed by atoms with Crippen molar-refractivity contribution in [2.75, 3.05) is 27.2 Å². The number of halogens is 2. The maximum Gasteiger partial charge on any atom is 0.265 e. The van der Waals surface area contributed by atoms with E-state index in [1.54, 1.807) is 0 Å². The number of nitrogens with zero attached hydrogens (tertiary/aromatic N) is 3. The number of hydrogen-bond donors (Lipinski definition) is 0. The van der Waals surface area contributed by atoms with Crippen molar-refractivity contribution in [1.82, 2.24) is 15.0 Å². The summed E-state index contributed by atoms with van der Waals surface area (Å²) in [7, 11) is 0.740. The normalized spacial score (nSPS) is 22.6. The molecule has 1 unspecified atom stereocenters. The average molecular weight is 945 g/mol. The number of ketones is 3. The van der Waals surface area contributed by atoms with Gasteiger partial charge in [-0.2, -0.15) is 0 Å². The van der Waals surface area contributed by atoms with Crippen LogP contribution in [0, 0.1) is 29.5 Å². The van der Waals surface area contributed by atoms with Crippen LogP contribution in [0.5, 0.6) is 11.6 Å². The summed E-state index contributed by atoms with van der Waals surface area (Å²) in [4.78, 5) is 51.5. The molecule has 1 saturated carbocycles. The highest BCUT2D eigenvalue weighted by molar-refractivity contribution is 9.10. The highest BCUT2D eigenvalue weighted by atomic mass is 79.9. The van der Waals surface area contributed by atoms with Gasteiger partial charge in [0.25, 0.3) is 5.88 Å². The predicted molar refractivity (Wildman–Crippen MR) is 247 cm³/mol. The third-order valence-electron chi connectivity index (χ3n) is 14.1. The number of rotatable bonds is 14. The monoisotopic (exact) mass is 943 g/mol. The van der Waals surface area contributed by atoms with E-state index in [4.69, 9.17) is 18.4 Å². The summed E-state index contributed by atoms with van der Waals surface area (Å²) in [6.07, 6.45) is 0.279. The van der Waals surface area contributed by atoms with Gasteiger partial charge in [0.2, 0.25) is 5.78 Å². The molecule has 0 spiro atoms. The standard InChI is InChI=1S/C50H63BrFN3O7Si/c1-13-55(26-29(2)3)49(7,8)38-39(51)43(59-27-30-20-16-14-17-21-30)36-33(40(38)52)24-32-25-34-41(54(9)10)44-37(47(53-61-44)60-28-31-22-18-15-19-23-31)46(58)50(34,45(57)35(32)42(36)56)62-63(11,12)48(4,5)6/h14-23,29,32,34-35,41H,13,24-28H2,1-12H3/t32-,34-,35?,41-,50-/m0/s1. The first-order valence-corrected chi connectivity index (χ1v) is 25.9. The smallest absolute Gasteiger partial charge is 0.265 e. The minimum atomic E-state index is -2.99. The zero-order chi connectivity index (χ0) is 46.0. The lowest BCUT2D eigenvalue weighted by molar-refractivity contribution is -0.151. The van der Waals surface area contributed by atoms with Crippen molar-refractivity contribution in [2.45, 2.75) is 117 Å². The van der Waals surface area contributed by atoms with E-state index in [1.165, 1.54) is 0 Å². The summed E-state index contributed by atoms with van der Waals surface area (Å²) < 4.78 is 44.4. The van der Waals surface area contributed by atoms with Crippen LogP contribution >= 0.6 is 15.9 Å². The van der Waals surface area contributed by atoms with Gasteiger partial charge in [-0.05, 0) is 110 Å². The molecular weight excluding hydrogens is 882 g/mol. The molecule has 1 heterocycles. The Bertz CT molecular complexity index is 2380. The lowest BCUT2D eigenvalue weighted by atomic mass is 9.54. The number of fused-ring (bicyclic) bond motifs is 4. The molecule has 5 atom stereocenters. The van der Waals surface area contributed by atoms with Crippen molar-refractivity contribution in [3.05, 3.63) is 110 Å². The Balaban J connectivity index is 1.42. The highest BCUT2D eigenvalue weighted by Gasteiger charge is 2.70. The molecule has 1 fully saturated rings. The largest absolute Gasteiger partial charge is 0.487 e. The van der Waals surface area contributed by atoms with E-state index in [0.717, 1.165) is 11.1 Å². The van der Waals surface area contributed by atoms with Crippen LogP contribution in [-0.4, -0.2) is 73.4 Å². The second-order valence-corrected chi connectivity index (χ2v) is 25.8. The van der Waals surface area contributed by atoms with Crippen LogP contribution in [0.1, 0.15) is 117 Å². The molecule has 3 aromatic carbocycles. The van der Waals surface area contributed by atoms with Gasteiger partial charge in [0.05, 0.1) is 22.0 Å². The first-order chi connectivity index (χ1) is 29.6. The lowest BCUT2D eigenvalue weighted by Gasteiger charge is -2.56. The predicted octanol–water partition coefficient (Wildman–Crippen LogP) is 10.8. The number of ether oxygens (including phenoxy) is 2. The van der Waals surface area contributed by atoms with E-state index < -0.39 is 71.5 Å². The van der Waals surface area contributed by atoms with Crippen LogP contribution in [0.2, 0.25) is 18.1 Å². The van der Waals surface area contributed by atoms with Crippen LogP contribution in [0.15, 0.2) is 69.7 Å². The second-order valence-electron chi connectivity index (χ2n) is 20.3. The molecule has 0 radical (unpaired) electrons. The lowest BCUT2D eigenvalue weighted by Crippen LogP contribution is -2.70.